The molecule has 122 valence electrons. The van der Waals surface area contributed by atoms with E-state index in [1.165, 1.54) is 6.20 Å². The summed E-state index contributed by atoms with van der Waals surface area (Å²) in [6.45, 7) is 1.11. The van der Waals surface area contributed by atoms with Crippen molar-refractivity contribution in [1.29, 1.82) is 5.26 Å². The summed E-state index contributed by atoms with van der Waals surface area (Å²) in [7, 11) is 1.62. The molecule has 0 radical (unpaired) electrons. The van der Waals surface area contributed by atoms with Gasteiger partial charge in [0.1, 0.15) is 18.4 Å². The van der Waals surface area contributed by atoms with Gasteiger partial charge in [-0.15, -0.1) is 0 Å². The molecule has 6 heteroatoms. The zero-order valence-electron chi connectivity index (χ0n) is 13.2. The third-order valence-corrected chi connectivity index (χ3v) is 3.47. The Morgan fingerprint density at radius 3 is 2.79 bits per heavy atom. The van der Waals surface area contributed by atoms with E-state index < -0.39 is 0 Å². The molecule has 24 heavy (non-hydrogen) atoms. The Morgan fingerprint density at radius 1 is 1.21 bits per heavy atom. The molecular formula is C18H16N2O4. The molecule has 0 spiro atoms. The van der Waals surface area contributed by atoms with Crippen LogP contribution in [0, 0.1) is 11.3 Å². The van der Waals surface area contributed by atoms with Crippen LogP contribution < -0.4 is 14.2 Å². The molecule has 1 aromatic heterocycles. The highest BCUT2D eigenvalue weighted by molar-refractivity contribution is 5.76. The van der Waals surface area contributed by atoms with Gasteiger partial charge in [0.15, 0.2) is 11.5 Å². The van der Waals surface area contributed by atoms with Crippen LogP contribution in [0.5, 0.6) is 17.2 Å². The number of nitrogens with zero attached hydrogens (tertiary/aromatic N) is 2. The Hall–Kier alpha value is -3.04. The van der Waals surface area contributed by atoms with Crippen molar-refractivity contribution in [2.45, 2.75) is 0 Å². The number of hydrogen-bond acceptors (Lipinski definition) is 6. The maximum absolute atomic E-state index is 9.14. The normalized spacial score (nSPS) is 12.3. The van der Waals surface area contributed by atoms with Gasteiger partial charge in [-0.3, -0.25) is 4.98 Å². The summed E-state index contributed by atoms with van der Waals surface area (Å²) >= 11 is 0. The molecule has 3 rings (SSSR count). The van der Waals surface area contributed by atoms with E-state index >= 15 is 0 Å². The molecule has 0 amide bonds. The lowest BCUT2D eigenvalue weighted by Crippen LogP contribution is -2.05. The van der Waals surface area contributed by atoms with Crippen LogP contribution in [0.1, 0.15) is 16.7 Å². The number of methoxy groups -OCH3 is 1. The minimum Gasteiger partial charge on any atom is -0.490 e. The average molecular weight is 324 g/mol. The van der Waals surface area contributed by atoms with Gasteiger partial charge >= 0.3 is 0 Å². The Kier molecular flexibility index (Phi) is 4.94. The Labute approximate surface area is 139 Å². The summed E-state index contributed by atoms with van der Waals surface area (Å²) in [6.07, 6.45) is 6.91. The first-order valence-corrected chi connectivity index (χ1v) is 7.39. The molecule has 0 atom stereocenters. The van der Waals surface area contributed by atoms with Crippen molar-refractivity contribution < 1.29 is 18.9 Å². The lowest BCUT2D eigenvalue weighted by Gasteiger charge is -2.10. The average Bonchev–Trinajstić information content (AvgIpc) is 3.07. The van der Waals surface area contributed by atoms with Crippen molar-refractivity contribution >= 4 is 12.2 Å². The molecule has 0 aliphatic carbocycles. The summed E-state index contributed by atoms with van der Waals surface area (Å²) < 4.78 is 21.6. The molecule has 1 aromatic carbocycles. The molecule has 2 heterocycles. The first kappa shape index (κ1) is 15.8. The SMILES string of the molecule is COCCOc1cc2c(cc1C=Cc1ccncc1C#N)OCO2. The first-order valence-electron chi connectivity index (χ1n) is 7.39. The maximum atomic E-state index is 9.14. The van der Waals surface area contributed by atoms with Crippen molar-refractivity contribution in [1.82, 2.24) is 4.98 Å². The summed E-state index contributed by atoms with van der Waals surface area (Å²) in [5, 5.41) is 9.14. The van der Waals surface area contributed by atoms with E-state index in [4.69, 9.17) is 24.2 Å². The van der Waals surface area contributed by atoms with Crippen molar-refractivity contribution in [3.05, 3.63) is 47.3 Å². The Balaban J connectivity index is 1.91. The fraction of sp³-hybridized carbons (Fsp3) is 0.222. The Bertz CT molecular complexity index is 796. The monoisotopic (exact) mass is 324 g/mol. The van der Waals surface area contributed by atoms with E-state index in [2.05, 4.69) is 11.1 Å². The number of aromatic nitrogens is 1. The summed E-state index contributed by atoms with van der Waals surface area (Å²) in [6, 6.07) is 7.57. The van der Waals surface area contributed by atoms with Crippen LogP contribution in [0.4, 0.5) is 0 Å². The van der Waals surface area contributed by atoms with E-state index in [0.717, 1.165) is 11.1 Å². The van der Waals surface area contributed by atoms with Gasteiger partial charge in [-0.1, -0.05) is 12.2 Å². The Morgan fingerprint density at radius 2 is 2.00 bits per heavy atom. The fourth-order valence-corrected chi connectivity index (χ4v) is 2.25. The van der Waals surface area contributed by atoms with Crippen molar-refractivity contribution in [2.75, 3.05) is 27.1 Å². The highest BCUT2D eigenvalue weighted by Crippen LogP contribution is 2.39. The molecule has 0 unspecified atom stereocenters. The molecule has 1 aliphatic heterocycles. The molecule has 0 fully saturated rings. The fourth-order valence-electron chi connectivity index (χ4n) is 2.25. The van der Waals surface area contributed by atoms with E-state index in [-0.39, 0.29) is 6.79 Å². The predicted molar refractivity (Wildman–Crippen MR) is 87.8 cm³/mol. The van der Waals surface area contributed by atoms with Crippen LogP contribution >= 0.6 is 0 Å². The largest absolute Gasteiger partial charge is 0.490 e. The van der Waals surface area contributed by atoms with E-state index in [0.29, 0.717) is 36.0 Å². The highest BCUT2D eigenvalue weighted by Gasteiger charge is 2.17. The van der Waals surface area contributed by atoms with Gasteiger partial charge in [0.05, 0.1) is 12.2 Å². The van der Waals surface area contributed by atoms with Gasteiger partial charge in [0.2, 0.25) is 6.79 Å². The minimum atomic E-state index is 0.197. The smallest absolute Gasteiger partial charge is 0.231 e. The maximum Gasteiger partial charge on any atom is 0.231 e. The van der Waals surface area contributed by atoms with Crippen molar-refractivity contribution in [3.63, 3.8) is 0 Å². The molecular weight excluding hydrogens is 308 g/mol. The number of pyridine rings is 1. The lowest BCUT2D eigenvalue weighted by molar-refractivity contribution is 0.146. The zero-order chi connectivity index (χ0) is 16.8. The van der Waals surface area contributed by atoms with Gasteiger partial charge < -0.3 is 18.9 Å². The van der Waals surface area contributed by atoms with Crippen LogP contribution in [0.2, 0.25) is 0 Å². The molecule has 6 nitrogen and oxygen atoms in total. The van der Waals surface area contributed by atoms with Crippen LogP contribution in [-0.4, -0.2) is 32.1 Å². The van der Waals surface area contributed by atoms with Gasteiger partial charge in [-0.2, -0.15) is 5.26 Å². The van der Waals surface area contributed by atoms with Crippen LogP contribution in [0.15, 0.2) is 30.6 Å². The molecule has 0 N–H and O–H groups in total. The van der Waals surface area contributed by atoms with E-state index in [1.807, 2.05) is 18.2 Å². The van der Waals surface area contributed by atoms with Gasteiger partial charge in [0.25, 0.3) is 0 Å². The molecule has 2 aromatic rings. The number of ether oxygens (including phenoxy) is 4. The second-order valence-corrected chi connectivity index (χ2v) is 4.99. The van der Waals surface area contributed by atoms with Crippen LogP contribution in [-0.2, 0) is 4.74 Å². The van der Waals surface area contributed by atoms with Crippen LogP contribution in [0.3, 0.4) is 0 Å². The zero-order valence-corrected chi connectivity index (χ0v) is 13.2. The molecule has 0 saturated carbocycles. The third-order valence-electron chi connectivity index (χ3n) is 3.47. The lowest BCUT2D eigenvalue weighted by atomic mass is 10.1. The molecule has 0 saturated heterocycles. The van der Waals surface area contributed by atoms with Crippen LogP contribution in [0.25, 0.3) is 12.2 Å². The standard InChI is InChI=1S/C18H16N2O4/c1-21-6-7-22-16-9-18-17(23-12-24-18)8-14(16)3-2-13-4-5-20-11-15(13)10-19/h2-5,8-9,11H,6-7,12H2,1H3. The summed E-state index contributed by atoms with van der Waals surface area (Å²) in [5.74, 6) is 1.99. The van der Waals surface area contributed by atoms with Crippen molar-refractivity contribution in [3.8, 4) is 23.3 Å². The third kappa shape index (κ3) is 3.47. The number of fused-ring (bicyclic) bond motifs is 1. The summed E-state index contributed by atoms with van der Waals surface area (Å²) in [4.78, 5) is 3.95. The predicted octanol–water partition coefficient (Wildman–Crippen LogP) is 2.88. The number of rotatable bonds is 6. The van der Waals surface area contributed by atoms with Gasteiger partial charge in [-0.05, 0) is 17.7 Å². The van der Waals surface area contributed by atoms with Gasteiger partial charge in [0, 0.05) is 31.1 Å². The number of nitriles is 1. The summed E-state index contributed by atoms with van der Waals surface area (Å²) in [5.41, 5.74) is 2.13. The van der Waals surface area contributed by atoms with E-state index in [9.17, 15) is 0 Å². The first-order chi connectivity index (χ1) is 11.8. The highest BCUT2D eigenvalue weighted by atomic mass is 16.7. The van der Waals surface area contributed by atoms with E-state index in [1.54, 1.807) is 25.4 Å². The number of hydrogen-bond donors (Lipinski definition) is 0. The van der Waals surface area contributed by atoms with Crippen molar-refractivity contribution in [2.24, 2.45) is 0 Å². The quantitative estimate of drug-likeness (QED) is 0.761. The second-order valence-electron chi connectivity index (χ2n) is 4.99. The second kappa shape index (κ2) is 7.49. The minimum absolute atomic E-state index is 0.197. The molecule has 0 bridgehead atoms. The number of benzene rings is 1. The van der Waals surface area contributed by atoms with Gasteiger partial charge in [-0.25, -0.2) is 0 Å². The topological polar surface area (TPSA) is 73.6 Å². The molecule has 1 aliphatic rings.